The SMILES string of the molecule is COc1cc(Cl)c(C)cc1NC(=O)c1sc(COc2ccc(C)cc2)nc1C. The van der Waals surface area contributed by atoms with E-state index >= 15 is 0 Å². The molecule has 146 valence electrons. The minimum Gasteiger partial charge on any atom is -0.495 e. The molecule has 0 spiro atoms. The fraction of sp³-hybridized carbons (Fsp3) is 0.238. The lowest BCUT2D eigenvalue weighted by Crippen LogP contribution is -2.12. The lowest BCUT2D eigenvalue weighted by Gasteiger charge is -2.11. The topological polar surface area (TPSA) is 60.5 Å². The molecule has 3 aromatic rings. The molecule has 3 rings (SSSR count). The Balaban J connectivity index is 1.73. The van der Waals surface area contributed by atoms with E-state index in [1.54, 1.807) is 12.1 Å². The quantitative estimate of drug-likeness (QED) is 0.571. The molecule has 1 aromatic heterocycles. The summed E-state index contributed by atoms with van der Waals surface area (Å²) in [6.45, 7) is 6.02. The molecular formula is C21H21ClN2O3S. The summed E-state index contributed by atoms with van der Waals surface area (Å²) in [4.78, 5) is 17.8. The van der Waals surface area contributed by atoms with Crippen molar-refractivity contribution >= 4 is 34.5 Å². The van der Waals surface area contributed by atoms with Gasteiger partial charge in [-0.05, 0) is 44.5 Å². The monoisotopic (exact) mass is 416 g/mol. The maximum absolute atomic E-state index is 12.8. The third kappa shape index (κ3) is 4.64. The average molecular weight is 417 g/mol. The average Bonchev–Trinajstić information content (AvgIpc) is 3.05. The number of hydrogen-bond donors (Lipinski definition) is 1. The fourth-order valence-electron chi connectivity index (χ4n) is 2.61. The summed E-state index contributed by atoms with van der Waals surface area (Å²) >= 11 is 7.44. The summed E-state index contributed by atoms with van der Waals surface area (Å²) in [5.74, 6) is 1.04. The number of ether oxygens (including phenoxy) is 2. The third-order valence-corrected chi connectivity index (χ3v) is 5.70. The molecule has 0 bridgehead atoms. The van der Waals surface area contributed by atoms with Gasteiger partial charge >= 0.3 is 0 Å². The predicted octanol–water partition coefficient (Wildman–Crippen LogP) is 5.56. The predicted molar refractivity (Wildman–Crippen MR) is 113 cm³/mol. The second-order valence-corrected chi connectivity index (χ2v) is 7.87. The van der Waals surface area contributed by atoms with E-state index in [0.29, 0.717) is 33.6 Å². The number of nitrogens with zero attached hydrogens (tertiary/aromatic N) is 1. The van der Waals surface area contributed by atoms with Crippen LogP contribution in [0.3, 0.4) is 0 Å². The van der Waals surface area contributed by atoms with Crippen molar-refractivity contribution in [2.45, 2.75) is 27.4 Å². The largest absolute Gasteiger partial charge is 0.495 e. The Morgan fingerprint density at radius 2 is 1.89 bits per heavy atom. The van der Waals surface area contributed by atoms with Gasteiger partial charge in [-0.15, -0.1) is 11.3 Å². The standard InChI is InChI=1S/C21H21ClN2O3S/c1-12-5-7-15(8-6-12)27-11-19-23-14(3)20(28-19)21(25)24-17-9-13(2)16(22)10-18(17)26-4/h5-10H,11H2,1-4H3,(H,24,25). The van der Waals surface area contributed by atoms with Gasteiger partial charge in [0.15, 0.2) is 0 Å². The Kier molecular flexibility index (Phi) is 6.21. The molecule has 0 unspecified atom stereocenters. The summed E-state index contributed by atoms with van der Waals surface area (Å²) in [6.07, 6.45) is 0. The van der Waals surface area contributed by atoms with Gasteiger partial charge in [0, 0.05) is 11.1 Å². The first kappa shape index (κ1) is 20.2. The Bertz CT molecular complexity index is 1000. The van der Waals surface area contributed by atoms with Gasteiger partial charge in [0.2, 0.25) is 0 Å². The van der Waals surface area contributed by atoms with E-state index in [4.69, 9.17) is 21.1 Å². The van der Waals surface area contributed by atoms with E-state index in [2.05, 4.69) is 10.3 Å². The zero-order valence-electron chi connectivity index (χ0n) is 16.1. The van der Waals surface area contributed by atoms with E-state index in [9.17, 15) is 4.79 Å². The van der Waals surface area contributed by atoms with Gasteiger partial charge in [-0.3, -0.25) is 4.79 Å². The molecule has 28 heavy (non-hydrogen) atoms. The van der Waals surface area contributed by atoms with Crippen molar-refractivity contribution in [3.63, 3.8) is 0 Å². The van der Waals surface area contributed by atoms with Gasteiger partial charge in [-0.2, -0.15) is 0 Å². The van der Waals surface area contributed by atoms with Crippen LogP contribution < -0.4 is 14.8 Å². The Morgan fingerprint density at radius 3 is 2.57 bits per heavy atom. The number of rotatable bonds is 6. The number of anilines is 1. The molecule has 0 atom stereocenters. The maximum atomic E-state index is 12.8. The summed E-state index contributed by atoms with van der Waals surface area (Å²) in [5, 5.41) is 4.21. The van der Waals surface area contributed by atoms with Crippen LogP contribution in [0.5, 0.6) is 11.5 Å². The van der Waals surface area contributed by atoms with Gasteiger partial charge < -0.3 is 14.8 Å². The van der Waals surface area contributed by atoms with Gasteiger partial charge in [-0.1, -0.05) is 29.3 Å². The van der Waals surface area contributed by atoms with E-state index in [1.165, 1.54) is 24.0 Å². The van der Waals surface area contributed by atoms with Crippen LogP contribution in [0.4, 0.5) is 5.69 Å². The number of aromatic nitrogens is 1. The second-order valence-electron chi connectivity index (χ2n) is 6.38. The van der Waals surface area contributed by atoms with E-state index in [0.717, 1.165) is 16.3 Å². The van der Waals surface area contributed by atoms with Crippen molar-refractivity contribution in [1.29, 1.82) is 0 Å². The summed E-state index contributed by atoms with van der Waals surface area (Å²) in [7, 11) is 1.54. The summed E-state index contributed by atoms with van der Waals surface area (Å²) in [6, 6.07) is 11.3. The first-order valence-corrected chi connectivity index (χ1v) is 9.88. The maximum Gasteiger partial charge on any atom is 0.267 e. The molecule has 0 saturated carbocycles. The first-order valence-electron chi connectivity index (χ1n) is 8.68. The van der Waals surface area contributed by atoms with Gasteiger partial charge in [0.1, 0.15) is 28.0 Å². The van der Waals surface area contributed by atoms with Crippen molar-refractivity contribution in [2.24, 2.45) is 0 Å². The molecule has 0 fully saturated rings. The highest BCUT2D eigenvalue weighted by molar-refractivity contribution is 7.13. The normalized spacial score (nSPS) is 10.6. The van der Waals surface area contributed by atoms with Crippen molar-refractivity contribution < 1.29 is 14.3 Å². The highest BCUT2D eigenvalue weighted by Gasteiger charge is 2.18. The van der Waals surface area contributed by atoms with Gasteiger partial charge in [-0.25, -0.2) is 4.98 Å². The van der Waals surface area contributed by atoms with Gasteiger partial charge in [0.25, 0.3) is 5.91 Å². The number of benzene rings is 2. The molecular weight excluding hydrogens is 396 g/mol. The Morgan fingerprint density at radius 1 is 1.18 bits per heavy atom. The van der Waals surface area contributed by atoms with Crippen LogP contribution in [-0.2, 0) is 6.61 Å². The van der Waals surface area contributed by atoms with Crippen molar-refractivity contribution in [3.05, 3.63) is 68.1 Å². The molecule has 7 heteroatoms. The summed E-state index contributed by atoms with van der Waals surface area (Å²) in [5.41, 5.74) is 3.25. The molecule has 1 N–H and O–H groups in total. The van der Waals surface area contributed by atoms with Crippen molar-refractivity contribution in [1.82, 2.24) is 4.98 Å². The first-order chi connectivity index (χ1) is 13.4. The molecule has 1 amide bonds. The van der Waals surface area contributed by atoms with Crippen LogP contribution in [0.15, 0.2) is 36.4 Å². The van der Waals surface area contributed by atoms with Crippen molar-refractivity contribution in [3.8, 4) is 11.5 Å². The smallest absolute Gasteiger partial charge is 0.267 e. The van der Waals surface area contributed by atoms with E-state index < -0.39 is 0 Å². The molecule has 2 aromatic carbocycles. The van der Waals surface area contributed by atoms with Gasteiger partial charge in [0.05, 0.1) is 18.5 Å². The minimum atomic E-state index is -0.239. The van der Waals surface area contributed by atoms with Crippen LogP contribution in [0.25, 0.3) is 0 Å². The third-order valence-electron chi connectivity index (χ3n) is 4.16. The number of aryl methyl sites for hydroxylation is 3. The summed E-state index contributed by atoms with van der Waals surface area (Å²) < 4.78 is 11.1. The number of halogens is 1. The van der Waals surface area contributed by atoms with E-state index in [1.807, 2.05) is 45.0 Å². The van der Waals surface area contributed by atoms with Crippen LogP contribution in [-0.4, -0.2) is 18.0 Å². The molecule has 5 nitrogen and oxygen atoms in total. The number of carbonyl (C=O) groups is 1. The van der Waals surface area contributed by atoms with Crippen molar-refractivity contribution in [2.75, 3.05) is 12.4 Å². The minimum absolute atomic E-state index is 0.239. The molecule has 0 aliphatic carbocycles. The zero-order valence-corrected chi connectivity index (χ0v) is 17.7. The molecule has 0 aliphatic rings. The number of methoxy groups -OCH3 is 1. The molecule has 0 aliphatic heterocycles. The molecule has 0 radical (unpaired) electrons. The Hall–Kier alpha value is -2.57. The number of carbonyl (C=O) groups excluding carboxylic acids is 1. The van der Waals surface area contributed by atoms with Crippen LogP contribution in [0.2, 0.25) is 5.02 Å². The number of thiazole rings is 1. The Labute approximate surface area is 173 Å². The van der Waals surface area contributed by atoms with E-state index in [-0.39, 0.29) is 5.91 Å². The lowest BCUT2D eigenvalue weighted by atomic mass is 10.2. The van der Waals surface area contributed by atoms with Crippen LogP contribution >= 0.6 is 22.9 Å². The fourth-order valence-corrected chi connectivity index (χ4v) is 3.64. The highest BCUT2D eigenvalue weighted by Crippen LogP contribution is 2.32. The highest BCUT2D eigenvalue weighted by atomic mass is 35.5. The van der Waals surface area contributed by atoms with Crippen LogP contribution in [0.1, 0.15) is 31.5 Å². The second kappa shape index (κ2) is 8.63. The lowest BCUT2D eigenvalue weighted by molar-refractivity contribution is 0.102. The zero-order chi connectivity index (χ0) is 20.3. The number of hydrogen-bond acceptors (Lipinski definition) is 5. The number of nitrogens with one attached hydrogen (secondary N) is 1. The number of amides is 1. The molecule has 0 saturated heterocycles. The van der Waals surface area contributed by atoms with Crippen LogP contribution in [0, 0.1) is 20.8 Å². The molecule has 1 heterocycles.